The van der Waals surface area contributed by atoms with Crippen LogP contribution in [0.3, 0.4) is 0 Å². The van der Waals surface area contributed by atoms with Crippen LogP contribution in [0.4, 0.5) is 0 Å². The second-order valence-electron chi connectivity index (χ2n) is 7.95. The Bertz CT molecular complexity index is 463. The number of hydrogen-bond donors (Lipinski definition) is 0. The fourth-order valence-electron chi connectivity index (χ4n) is 3.14. The summed E-state index contributed by atoms with van der Waals surface area (Å²) in [4.78, 5) is 22.8. The fourth-order valence-corrected chi connectivity index (χ4v) is 3.14. The van der Waals surface area contributed by atoms with Crippen molar-refractivity contribution in [3.63, 3.8) is 0 Å². The monoisotopic (exact) mass is 404 g/mol. The lowest BCUT2D eigenvalue weighted by atomic mass is 9.98. The molecule has 166 valence electrons. The SMILES string of the molecule is CC(C)C.COC1C(=O)CC(C)O[C@H]1C.COC1C(=O)[C@H](C)OC(C)[C@@H]1OC. The molecule has 2 rings (SSSR count). The molecule has 4 unspecified atom stereocenters. The van der Waals surface area contributed by atoms with Crippen molar-refractivity contribution in [2.45, 2.75) is 97.6 Å². The molecule has 0 spiro atoms. The lowest BCUT2D eigenvalue weighted by molar-refractivity contribution is -0.186. The molecule has 0 N–H and O–H groups in total. The topological polar surface area (TPSA) is 80.3 Å². The molecule has 2 saturated heterocycles. The van der Waals surface area contributed by atoms with Crippen molar-refractivity contribution in [1.82, 2.24) is 0 Å². The van der Waals surface area contributed by atoms with E-state index in [4.69, 9.17) is 23.7 Å². The van der Waals surface area contributed by atoms with Gasteiger partial charge in [0.25, 0.3) is 0 Å². The van der Waals surface area contributed by atoms with E-state index in [0.717, 1.165) is 5.92 Å². The molecule has 0 aromatic carbocycles. The van der Waals surface area contributed by atoms with Gasteiger partial charge in [-0.1, -0.05) is 20.8 Å². The fraction of sp³-hybridized carbons (Fsp3) is 0.905. The van der Waals surface area contributed by atoms with Crippen LogP contribution in [0.2, 0.25) is 0 Å². The highest BCUT2D eigenvalue weighted by Gasteiger charge is 2.41. The zero-order valence-corrected chi connectivity index (χ0v) is 19.2. The Balaban J connectivity index is 0.000000442. The predicted octanol–water partition coefficient (Wildman–Crippen LogP) is 2.82. The number of hydrogen-bond acceptors (Lipinski definition) is 7. The quantitative estimate of drug-likeness (QED) is 0.715. The molecule has 7 nitrogen and oxygen atoms in total. The van der Waals surface area contributed by atoms with Crippen molar-refractivity contribution in [3.05, 3.63) is 0 Å². The molecule has 7 atom stereocenters. The highest BCUT2D eigenvalue weighted by molar-refractivity contribution is 5.88. The Labute approximate surface area is 170 Å². The molecule has 28 heavy (non-hydrogen) atoms. The highest BCUT2D eigenvalue weighted by Crippen LogP contribution is 2.21. The molecule has 2 aliphatic heterocycles. The Morgan fingerprint density at radius 2 is 1.32 bits per heavy atom. The standard InChI is InChI=1S/C9H16O4.C8H14O3.C4H10/c1-5-7(10)9(12-4)8(11-3)6(2)13-5;1-5-4-7(9)8(10-3)6(2)11-5;1-4(2)3/h5-6,8-9H,1-4H3;5-6,8H,4H2,1-3H3;4H,1-3H3/t5-,6?,8-,9?;5?,6-,8?;/m00./s1. The summed E-state index contributed by atoms with van der Waals surface area (Å²) in [6.45, 7) is 13.9. The van der Waals surface area contributed by atoms with E-state index < -0.39 is 12.2 Å². The first-order valence-electron chi connectivity index (χ1n) is 9.95. The maximum absolute atomic E-state index is 11.5. The van der Waals surface area contributed by atoms with Crippen LogP contribution >= 0.6 is 0 Å². The predicted molar refractivity (Wildman–Crippen MR) is 108 cm³/mol. The molecule has 2 aliphatic rings. The van der Waals surface area contributed by atoms with Crippen LogP contribution < -0.4 is 0 Å². The number of ketones is 2. The smallest absolute Gasteiger partial charge is 0.192 e. The molecule has 0 bridgehead atoms. The van der Waals surface area contributed by atoms with Crippen molar-refractivity contribution in [3.8, 4) is 0 Å². The zero-order valence-electron chi connectivity index (χ0n) is 19.2. The first kappa shape index (κ1) is 27.1. The summed E-state index contributed by atoms with van der Waals surface area (Å²) >= 11 is 0. The van der Waals surface area contributed by atoms with E-state index in [9.17, 15) is 9.59 Å². The van der Waals surface area contributed by atoms with Gasteiger partial charge in [-0.2, -0.15) is 0 Å². The third-order valence-electron chi connectivity index (χ3n) is 4.32. The van der Waals surface area contributed by atoms with Crippen LogP contribution in [0, 0.1) is 5.92 Å². The summed E-state index contributed by atoms with van der Waals surface area (Å²) in [6.07, 6.45) is -1.24. The molecular formula is C21H40O7. The third kappa shape index (κ3) is 8.66. The van der Waals surface area contributed by atoms with Gasteiger partial charge in [0.2, 0.25) is 0 Å². The van der Waals surface area contributed by atoms with E-state index in [0.29, 0.717) is 6.42 Å². The van der Waals surface area contributed by atoms with Crippen LogP contribution in [-0.4, -0.2) is 75.6 Å². The summed E-state index contributed by atoms with van der Waals surface area (Å²) in [5.41, 5.74) is 0. The Kier molecular flexibility index (Phi) is 13.0. The molecule has 2 fully saturated rings. The number of carbonyl (C=O) groups excluding carboxylic acids is 2. The molecule has 0 amide bonds. The lowest BCUT2D eigenvalue weighted by Crippen LogP contribution is -2.54. The summed E-state index contributed by atoms with van der Waals surface area (Å²) in [5.74, 6) is 0.936. The summed E-state index contributed by atoms with van der Waals surface area (Å²) in [5, 5.41) is 0. The number of rotatable bonds is 3. The Morgan fingerprint density at radius 1 is 0.821 bits per heavy atom. The van der Waals surface area contributed by atoms with E-state index in [1.54, 1.807) is 21.1 Å². The molecule has 7 heteroatoms. The molecular weight excluding hydrogens is 364 g/mol. The Morgan fingerprint density at radius 3 is 1.71 bits per heavy atom. The summed E-state index contributed by atoms with van der Waals surface area (Å²) in [6, 6.07) is 0. The summed E-state index contributed by atoms with van der Waals surface area (Å²) < 4.78 is 26.0. The molecule has 0 aromatic rings. The number of ether oxygens (including phenoxy) is 5. The van der Waals surface area contributed by atoms with E-state index in [-0.39, 0.29) is 42.1 Å². The first-order valence-corrected chi connectivity index (χ1v) is 9.95. The van der Waals surface area contributed by atoms with Gasteiger partial charge >= 0.3 is 0 Å². The third-order valence-corrected chi connectivity index (χ3v) is 4.32. The lowest BCUT2D eigenvalue weighted by Gasteiger charge is -2.36. The van der Waals surface area contributed by atoms with Gasteiger partial charge in [-0.05, 0) is 33.6 Å². The van der Waals surface area contributed by atoms with Crippen molar-refractivity contribution in [1.29, 1.82) is 0 Å². The minimum Gasteiger partial charge on any atom is -0.376 e. The van der Waals surface area contributed by atoms with Gasteiger partial charge in [0.1, 0.15) is 24.4 Å². The van der Waals surface area contributed by atoms with Gasteiger partial charge < -0.3 is 23.7 Å². The van der Waals surface area contributed by atoms with Crippen LogP contribution in [-0.2, 0) is 33.3 Å². The van der Waals surface area contributed by atoms with Crippen molar-refractivity contribution < 1.29 is 33.3 Å². The molecule has 0 aromatic heterocycles. The van der Waals surface area contributed by atoms with Gasteiger partial charge in [0, 0.05) is 27.8 Å². The maximum Gasteiger partial charge on any atom is 0.192 e. The van der Waals surface area contributed by atoms with E-state index in [1.165, 1.54) is 7.11 Å². The van der Waals surface area contributed by atoms with Crippen molar-refractivity contribution >= 4 is 11.6 Å². The van der Waals surface area contributed by atoms with Gasteiger partial charge in [-0.3, -0.25) is 9.59 Å². The second-order valence-corrected chi connectivity index (χ2v) is 7.95. The van der Waals surface area contributed by atoms with Crippen LogP contribution in [0.25, 0.3) is 0 Å². The zero-order chi connectivity index (χ0) is 22.0. The Hall–Kier alpha value is -0.860. The van der Waals surface area contributed by atoms with E-state index in [1.807, 2.05) is 20.8 Å². The van der Waals surface area contributed by atoms with Gasteiger partial charge in [0.15, 0.2) is 11.6 Å². The molecule has 0 saturated carbocycles. The second kappa shape index (κ2) is 13.4. The van der Waals surface area contributed by atoms with Crippen molar-refractivity contribution in [2.75, 3.05) is 21.3 Å². The van der Waals surface area contributed by atoms with Gasteiger partial charge in [-0.25, -0.2) is 0 Å². The summed E-state index contributed by atoms with van der Waals surface area (Å²) in [7, 11) is 4.61. The van der Waals surface area contributed by atoms with Gasteiger partial charge in [-0.15, -0.1) is 0 Å². The van der Waals surface area contributed by atoms with E-state index >= 15 is 0 Å². The number of Topliss-reactive ketones (excluding diaryl/α,β-unsaturated/α-hetero) is 2. The van der Waals surface area contributed by atoms with Gasteiger partial charge in [0.05, 0.1) is 18.3 Å². The molecule has 0 radical (unpaired) electrons. The number of carbonyl (C=O) groups is 2. The highest BCUT2D eigenvalue weighted by atomic mass is 16.6. The minimum atomic E-state index is -0.497. The molecule has 0 aliphatic carbocycles. The average molecular weight is 405 g/mol. The van der Waals surface area contributed by atoms with Crippen LogP contribution in [0.1, 0.15) is 54.9 Å². The van der Waals surface area contributed by atoms with Crippen molar-refractivity contribution in [2.24, 2.45) is 5.92 Å². The van der Waals surface area contributed by atoms with E-state index in [2.05, 4.69) is 20.8 Å². The molecule has 2 heterocycles. The normalized spacial score (nSPS) is 35.6. The average Bonchev–Trinajstić information content (AvgIpc) is 2.57. The maximum atomic E-state index is 11.5. The van der Waals surface area contributed by atoms with Crippen LogP contribution in [0.5, 0.6) is 0 Å². The number of methoxy groups -OCH3 is 3. The largest absolute Gasteiger partial charge is 0.376 e. The van der Waals surface area contributed by atoms with Crippen LogP contribution in [0.15, 0.2) is 0 Å². The first-order chi connectivity index (χ1) is 13.0. The minimum absolute atomic E-state index is 0.0453.